The normalized spacial score (nSPS) is 10.0. The quantitative estimate of drug-likeness (QED) is 0.765. The van der Waals surface area contributed by atoms with Gasteiger partial charge in [0.1, 0.15) is 10.6 Å². The fourth-order valence-electron chi connectivity index (χ4n) is 1.16. The Morgan fingerprint density at radius 1 is 1.29 bits per heavy atom. The second kappa shape index (κ2) is 3.59. The molecule has 1 heterocycles. The molecule has 2 rings (SSSR count). The molecule has 1 N–H and O–H groups in total. The summed E-state index contributed by atoms with van der Waals surface area (Å²) in [5, 5.41) is 9.60. The Hall–Kier alpha value is -1.68. The first-order valence-corrected chi connectivity index (χ1v) is 4.79. The van der Waals surface area contributed by atoms with Crippen molar-refractivity contribution in [1.29, 1.82) is 0 Å². The van der Waals surface area contributed by atoms with Crippen molar-refractivity contribution in [3.05, 3.63) is 35.2 Å². The van der Waals surface area contributed by atoms with Crippen LogP contribution in [0.3, 0.4) is 0 Å². The molecule has 0 aliphatic heterocycles. The number of hydrogen-bond acceptors (Lipinski definition) is 4. The number of aromatic nitrogens is 1. The van der Waals surface area contributed by atoms with Crippen LogP contribution in [0.15, 0.2) is 30.3 Å². The summed E-state index contributed by atoms with van der Waals surface area (Å²) < 4.78 is 4.02. The number of aromatic hydroxyl groups is 1. The number of carbonyl (C=O) groups is 1. The minimum absolute atomic E-state index is 0.0313. The van der Waals surface area contributed by atoms with E-state index in [9.17, 15) is 9.90 Å². The van der Waals surface area contributed by atoms with E-state index >= 15 is 0 Å². The van der Waals surface area contributed by atoms with Gasteiger partial charge in [0, 0.05) is 5.56 Å². The third kappa shape index (κ3) is 1.40. The Balaban J connectivity index is 2.53. The first-order chi connectivity index (χ1) is 6.83. The zero-order chi connectivity index (χ0) is 9.97. The lowest BCUT2D eigenvalue weighted by atomic mass is 10.1. The maximum Gasteiger partial charge on any atom is 0.165 e. The molecule has 14 heavy (non-hydrogen) atoms. The monoisotopic (exact) mass is 205 g/mol. The summed E-state index contributed by atoms with van der Waals surface area (Å²) in [6.45, 7) is 0. The number of carbonyl (C=O) groups excluding carboxylic acids is 1. The van der Waals surface area contributed by atoms with E-state index in [0.29, 0.717) is 12.0 Å². The standard InChI is InChI=1S/C10H7NO2S/c12-6-8-10(13)9(11-14-8)7-4-2-1-3-5-7/h1-6,13H. The van der Waals surface area contributed by atoms with E-state index in [1.807, 2.05) is 30.3 Å². The van der Waals surface area contributed by atoms with Crippen molar-refractivity contribution in [2.75, 3.05) is 0 Å². The first kappa shape index (κ1) is 8.90. The lowest BCUT2D eigenvalue weighted by Crippen LogP contribution is -1.77. The molecule has 0 aliphatic carbocycles. The van der Waals surface area contributed by atoms with Gasteiger partial charge >= 0.3 is 0 Å². The molecule has 70 valence electrons. The van der Waals surface area contributed by atoms with E-state index in [0.717, 1.165) is 17.1 Å². The molecule has 0 spiro atoms. The van der Waals surface area contributed by atoms with Crippen molar-refractivity contribution in [2.24, 2.45) is 0 Å². The van der Waals surface area contributed by atoms with Crippen molar-refractivity contribution >= 4 is 17.8 Å². The Morgan fingerprint density at radius 3 is 2.57 bits per heavy atom. The van der Waals surface area contributed by atoms with E-state index in [1.165, 1.54) is 0 Å². The summed E-state index contributed by atoms with van der Waals surface area (Å²) in [6, 6.07) is 9.27. The molecule has 1 aromatic heterocycles. The molecule has 0 saturated heterocycles. The maximum atomic E-state index is 10.5. The van der Waals surface area contributed by atoms with Crippen LogP contribution in [0.5, 0.6) is 5.75 Å². The highest BCUT2D eigenvalue weighted by Crippen LogP contribution is 2.32. The van der Waals surface area contributed by atoms with Crippen molar-refractivity contribution in [2.45, 2.75) is 0 Å². The number of nitrogens with zero attached hydrogens (tertiary/aromatic N) is 1. The molecule has 1 aromatic carbocycles. The van der Waals surface area contributed by atoms with Crippen molar-refractivity contribution in [1.82, 2.24) is 4.37 Å². The van der Waals surface area contributed by atoms with Gasteiger partial charge in [-0.1, -0.05) is 30.3 Å². The molecule has 0 unspecified atom stereocenters. The highest BCUT2D eigenvalue weighted by atomic mass is 32.1. The Labute approximate surface area is 84.8 Å². The molecule has 3 nitrogen and oxygen atoms in total. The van der Waals surface area contributed by atoms with Gasteiger partial charge in [-0.25, -0.2) is 0 Å². The minimum atomic E-state index is -0.0313. The van der Waals surface area contributed by atoms with E-state index < -0.39 is 0 Å². The molecule has 0 aliphatic rings. The predicted molar refractivity (Wildman–Crippen MR) is 54.6 cm³/mol. The molecule has 0 fully saturated rings. The lowest BCUT2D eigenvalue weighted by Gasteiger charge is -1.95. The second-order valence-corrected chi connectivity index (χ2v) is 3.53. The SMILES string of the molecule is O=Cc1snc(-c2ccccc2)c1O. The maximum absolute atomic E-state index is 10.5. The van der Waals surface area contributed by atoms with Gasteiger partial charge in [0.15, 0.2) is 12.0 Å². The molecular weight excluding hydrogens is 198 g/mol. The van der Waals surface area contributed by atoms with Crippen molar-refractivity contribution in [3.63, 3.8) is 0 Å². The molecule has 2 aromatic rings. The number of hydrogen-bond donors (Lipinski definition) is 1. The average Bonchev–Trinajstić information content (AvgIpc) is 2.61. The zero-order valence-corrected chi connectivity index (χ0v) is 7.99. The highest BCUT2D eigenvalue weighted by Gasteiger charge is 2.12. The van der Waals surface area contributed by atoms with Gasteiger partial charge in [0.2, 0.25) is 0 Å². The van der Waals surface area contributed by atoms with Gasteiger partial charge in [-0.05, 0) is 11.5 Å². The van der Waals surface area contributed by atoms with Crippen LogP contribution in [0.25, 0.3) is 11.3 Å². The Bertz CT molecular complexity index is 450. The Morgan fingerprint density at radius 2 is 2.00 bits per heavy atom. The number of benzene rings is 1. The van der Waals surface area contributed by atoms with Crippen LogP contribution in [-0.4, -0.2) is 15.8 Å². The van der Waals surface area contributed by atoms with Crippen LogP contribution in [0.2, 0.25) is 0 Å². The second-order valence-electron chi connectivity index (χ2n) is 2.73. The fourth-order valence-corrected chi connectivity index (χ4v) is 1.77. The smallest absolute Gasteiger partial charge is 0.165 e. The first-order valence-electron chi connectivity index (χ1n) is 4.02. The van der Waals surface area contributed by atoms with Gasteiger partial charge < -0.3 is 5.11 Å². The van der Waals surface area contributed by atoms with Crippen molar-refractivity contribution < 1.29 is 9.90 Å². The molecule has 4 heteroatoms. The summed E-state index contributed by atoms with van der Waals surface area (Å²) in [5.74, 6) is -0.0313. The van der Waals surface area contributed by atoms with Crippen LogP contribution >= 0.6 is 11.5 Å². The molecule has 0 amide bonds. The molecule has 0 bridgehead atoms. The van der Waals surface area contributed by atoms with E-state index in [1.54, 1.807) is 0 Å². The van der Waals surface area contributed by atoms with Crippen LogP contribution in [0.1, 0.15) is 9.67 Å². The van der Waals surface area contributed by atoms with Crippen LogP contribution in [0, 0.1) is 0 Å². The minimum Gasteiger partial charge on any atom is -0.504 e. The van der Waals surface area contributed by atoms with Gasteiger partial charge in [0.25, 0.3) is 0 Å². The number of rotatable bonds is 2. The molecule has 0 radical (unpaired) electrons. The zero-order valence-electron chi connectivity index (χ0n) is 7.18. The number of aldehydes is 1. The average molecular weight is 205 g/mol. The molecule has 0 atom stereocenters. The third-order valence-electron chi connectivity index (χ3n) is 1.85. The van der Waals surface area contributed by atoms with E-state index in [4.69, 9.17) is 0 Å². The lowest BCUT2D eigenvalue weighted by molar-refractivity contribution is 0.112. The summed E-state index contributed by atoms with van der Waals surface area (Å²) in [4.78, 5) is 10.7. The highest BCUT2D eigenvalue weighted by molar-refractivity contribution is 7.08. The predicted octanol–water partition coefficient (Wildman–Crippen LogP) is 2.33. The van der Waals surface area contributed by atoms with Gasteiger partial charge in [0.05, 0.1) is 0 Å². The fraction of sp³-hybridized carbons (Fsp3) is 0. The Kier molecular flexibility index (Phi) is 2.28. The topological polar surface area (TPSA) is 50.2 Å². The van der Waals surface area contributed by atoms with Crippen LogP contribution < -0.4 is 0 Å². The third-order valence-corrected chi connectivity index (χ3v) is 2.61. The van der Waals surface area contributed by atoms with E-state index in [2.05, 4.69) is 4.37 Å². The summed E-state index contributed by atoms with van der Waals surface area (Å²) in [6.07, 6.45) is 0.611. The summed E-state index contributed by atoms with van der Waals surface area (Å²) in [5.41, 5.74) is 1.28. The van der Waals surface area contributed by atoms with Crippen molar-refractivity contribution in [3.8, 4) is 17.0 Å². The van der Waals surface area contributed by atoms with Gasteiger partial charge in [-0.15, -0.1) is 0 Å². The van der Waals surface area contributed by atoms with E-state index in [-0.39, 0.29) is 10.6 Å². The molecule has 0 saturated carbocycles. The van der Waals surface area contributed by atoms with Gasteiger partial charge in [-0.2, -0.15) is 4.37 Å². The summed E-state index contributed by atoms with van der Waals surface area (Å²) >= 11 is 1.00. The van der Waals surface area contributed by atoms with Crippen LogP contribution in [0.4, 0.5) is 0 Å². The molecular formula is C10H7NO2S. The van der Waals surface area contributed by atoms with Crippen LogP contribution in [-0.2, 0) is 0 Å². The van der Waals surface area contributed by atoms with Gasteiger partial charge in [-0.3, -0.25) is 4.79 Å². The summed E-state index contributed by atoms with van der Waals surface area (Å²) in [7, 11) is 0. The largest absolute Gasteiger partial charge is 0.504 e.